The Morgan fingerprint density at radius 1 is 0.505 bits per heavy atom. The van der Waals surface area contributed by atoms with Crippen molar-refractivity contribution in [2.24, 2.45) is 5.92 Å². The minimum Gasteiger partial charge on any atom is -0.490 e. The lowest BCUT2D eigenvalue weighted by atomic mass is 9.64. The van der Waals surface area contributed by atoms with Gasteiger partial charge in [0.25, 0.3) is 0 Å². The summed E-state index contributed by atoms with van der Waals surface area (Å²) in [6.07, 6.45) is 14.0. The second kappa shape index (κ2) is 39.7. The van der Waals surface area contributed by atoms with E-state index in [1.807, 2.05) is 97.9 Å². The van der Waals surface area contributed by atoms with Crippen molar-refractivity contribution in [2.75, 3.05) is 99.6 Å². The molecule has 2 saturated heterocycles. The molecular weight excluding hydrogens is 1480 g/mol. The predicted octanol–water partition coefficient (Wildman–Crippen LogP) is 17.1. The van der Waals surface area contributed by atoms with E-state index >= 15 is 0 Å². The van der Waals surface area contributed by atoms with Crippen molar-refractivity contribution in [3.8, 4) is 22.9 Å². The smallest absolute Gasteiger partial charge is 0.490 e. The van der Waals surface area contributed by atoms with E-state index in [-0.39, 0.29) is 58.4 Å². The number of benzene rings is 7. The topological polar surface area (TPSA) is 198 Å². The van der Waals surface area contributed by atoms with Crippen molar-refractivity contribution in [2.45, 2.75) is 188 Å². The lowest BCUT2D eigenvalue weighted by Gasteiger charge is -2.35. The molecule has 2 aliphatic heterocycles. The lowest BCUT2D eigenvalue weighted by molar-refractivity contribution is 0.00429. The van der Waals surface area contributed by atoms with Crippen LogP contribution in [0.2, 0.25) is 0 Å². The summed E-state index contributed by atoms with van der Waals surface area (Å²) in [5.74, 6) is -0.152. The zero-order valence-electron chi connectivity index (χ0n) is 65.3. The second-order valence-corrected chi connectivity index (χ2v) is 31.6. The van der Waals surface area contributed by atoms with Gasteiger partial charge in [-0.3, -0.25) is 0 Å². The first-order valence-electron chi connectivity index (χ1n) is 38.4. The number of unbranched alkanes of at least 4 members (excludes halogenated alkanes) is 6. The molecule has 0 saturated carbocycles. The van der Waals surface area contributed by atoms with Crippen molar-refractivity contribution < 1.29 is 75.9 Å². The summed E-state index contributed by atoms with van der Waals surface area (Å²) >= 11 is 7.31. The van der Waals surface area contributed by atoms with Crippen LogP contribution in [0.4, 0.5) is 0 Å². The van der Waals surface area contributed by atoms with Gasteiger partial charge in [-0.2, -0.15) is 5.26 Å². The molecule has 0 spiro atoms. The van der Waals surface area contributed by atoms with Gasteiger partial charge < -0.3 is 66.4 Å². The molecule has 576 valence electrons. The highest BCUT2D eigenvalue weighted by Crippen LogP contribution is 2.57. The molecule has 0 amide bonds. The third kappa shape index (κ3) is 20.6. The molecule has 7 aromatic carbocycles. The Bertz CT molecular complexity index is 3940. The van der Waals surface area contributed by atoms with Crippen LogP contribution >= 0.6 is 31.9 Å². The van der Waals surface area contributed by atoms with E-state index in [9.17, 15) is 14.9 Å². The van der Waals surface area contributed by atoms with E-state index in [2.05, 4.69) is 112 Å². The number of hydrogen-bond donors (Lipinski definition) is 1. The SMILES string of the molecule is CCCCCCC(CCCCCC)Cc1c(C#N)c2cc(Br)ccc2c2ccc(Br)cc12.CCOC(=O)c1cc(C2(c3ccc(OCCOCCOCCOC)c(C(=O)OCC)c3)c3cc(B4OC(C)(C)C(C)(C)O4)ccc3-c3ccc(B4OC(C)(C)C(C)(C)O4)cc32)ccc1COCCOCCOCCO. The summed E-state index contributed by atoms with van der Waals surface area (Å²) in [5, 5.41) is 24.0. The van der Waals surface area contributed by atoms with Crippen LogP contribution in [-0.4, -0.2) is 153 Å². The van der Waals surface area contributed by atoms with E-state index in [0.29, 0.717) is 80.2 Å². The molecule has 17 nitrogen and oxygen atoms in total. The Morgan fingerprint density at radius 2 is 0.963 bits per heavy atom. The fourth-order valence-electron chi connectivity index (χ4n) is 14.3. The molecule has 0 radical (unpaired) electrons. The van der Waals surface area contributed by atoms with E-state index in [0.717, 1.165) is 59.5 Å². The van der Waals surface area contributed by atoms with Crippen LogP contribution in [0.1, 0.15) is 207 Å². The number of rotatable bonds is 40. The third-order valence-corrected chi connectivity index (χ3v) is 22.4. The standard InChI is InChI=1S/C57H76B2O16.C29H35Br2N/c1-12-69-51(61)46-34-40(15-14-39(46)38-68-31-30-66-27-26-64-23-22-60)57(41-16-21-50(47(35-41)52(62)70-13-2)71-33-32-67-29-28-65-25-24-63-11)48-36-42(58-72-53(3,4)54(5,6)73-58)17-19-44(48)45-20-18-43(37-49(45)57)59-74-55(7,8)56(9,10)75-59;1-3-5-7-9-11-21(12-10-8-6-4-2)17-26-27-18-22(30)13-15-24(27)25-16-14-23(31)19-28(25)29(26)20-32/h14-21,34-37,60H,12-13,22-33,38H2,1-11H3;13-16,18-19,21H,3-12,17H2,1-2H3. The maximum Gasteiger partial charge on any atom is 0.494 e. The Morgan fingerprint density at radius 3 is 1.46 bits per heavy atom. The number of carbonyl (C=O) groups excluding carboxylic acids is 2. The molecule has 2 heterocycles. The molecule has 21 heteroatoms. The maximum absolute atomic E-state index is 14.3. The number of halogens is 2. The molecule has 0 unspecified atom stereocenters. The van der Waals surface area contributed by atoms with Crippen molar-refractivity contribution in [1.82, 2.24) is 0 Å². The summed E-state index contributed by atoms with van der Waals surface area (Å²) < 4.78 is 80.2. The normalized spacial score (nSPS) is 15.7. The molecule has 3 aliphatic rings. The van der Waals surface area contributed by atoms with Crippen molar-refractivity contribution >= 4 is 90.5 Å². The molecular formula is C86H111B2Br2NO16. The summed E-state index contributed by atoms with van der Waals surface area (Å²) in [7, 11) is 0.174. The number of carbonyl (C=O) groups is 2. The Balaban J connectivity index is 0.000000343. The number of hydrogen-bond acceptors (Lipinski definition) is 17. The van der Waals surface area contributed by atoms with Gasteiger partial charge in [0.2, 0.25) is 0 Å². The fourth-order valence-corrected chi connectivity index (χ4v) is 15.0. The van der Waals surface area contributed by atoms with Crippen LogP contribution in [0.5, 0.6) is 5.75 Å². The fraction of sp³-hybridized carbons (Fsp3) is 0.523. The van der Waals surface area contributed by atoms with E-state index in [1.54, 1.807) is 27.0 Å². The first-order chi connectivity index (χ1) is 51.4. The van der Waals surface area contributed by atoms with Crippen LogP contribution < -0.4 is 15.7 Å². The molecule has 0 aromatic heterocycles. The molecule has 2 fully saturated rings. The minimum atomic E-state index is -1.26. The molecule has 0 atom stereocenters. The van der Waals surface area contributed by atoms with E-state index < -0.39 is 54.0 Å². The average molecular weight is 1600 g/mol. The second-order valence-electron chi connectivity index (χ2n) is 29.7. The molecule has 7 aromatic rings. The Kier molecular flexibility index (Phi) is 31.5. The molecule has 10 rings (SSSR count). The molecule has 0 bridgehead atoms. The first-order valence-corrected chi connectivity index (χ1v) is 40.0. The van der Waals surface area contributed by atoms with E-state index in [4.69, 9.17) is 66.4 Å². The van der Waals surface area contributed by atoms with Gasteiger partial charge in [-0.15, -0.1) is 0 Å². The minimum absolute atomic E-state index is 0.0598. The highest BCUT2D eigenvalue weighted by atomic mass is 79.9. The monoisotopic (exact) mass is 1590 g/mol. The van der Waals surface area contributed by atoms with Crippen molar-refractivity contribution in [3.05, 3.63) is 168 Å². The largest absolute Gasteiger partial charge is 0.494 e. The van der Waals surface area contributed by atoms with Crippen molar-refractivity contribution in [3.63, 3.8) is 0 Å². The molecule has 107 heavy (non-hydrogen) atoms. The number of fused-ring (bicyclic) bond motifs is 6. The summed E-state index contributed by atoms with van der Waals surface area (Å²) in [4.78, 5) is 28.6. The van der Waals surface area contributed by atoms with Crippen LogP contribution in [-0.2, 0) is 75.0 Å². The van der Waals surface area contributed by atoms with Crippen LogP contribution in [0.3, 0.4) is 0 Å². The van der Waals surface area contributed by atoms with E-state index in [1.165, 1.54) is 85.9 Å². The number of esters is 2. The quantitative estimate of drug-likeness (QED) is 0.0164. The number of nitrogens with zero attached hydrogens (tertiary/aromatic N) is 1. The van der Waals surface area contributed by atoms with Crippen molar-refractivity contribution in [1.29, 1.82) is 5.26 Å². The third-order valence-electron chi connectivity index (χ3n) is 21.4. The Labute approximate surface area is 652 Å². The number of aliphatic hydroxyl groups is 1. The van der Waals surface area contributed by atoms with Gasteiger partial charge in [-0.25, -0.2) is 9.59 Å². The van der Waals surface area contributed by atoms with Crippen LogP contribution in [0, 0.1) is 17.2 Å². The first kappa shape index (κ1) is 85.0. The summed E-state index contributed by atoms with van der Waals surface area (Å²) in [6, 6.07) is 39.3. The molecule has 1 N–H and O–H groups in total. The van der Waals surface area contributed by atoms with Gasteiger partial charge in [0.15, 0.2) is 0 Å². The number of ether oxygens (including phenoxy) is 9. The van der Waals surface area contributed by atoms with Gasteiger partial charge in [0.05, 0.1) is 131 Å². The van der Waals surface area contributed by atoms with Gasteiger partial charge in [-0.05, 0) is 196 Å². The maximum atomic E-state index is 14.3. The zero-order valence-corrected chi connectivity index (χ0v) is 68.5. The average Bonchev–Trinajstić information content (AvgIpc) is 1.54. The summed E-state index contributed by atoms with van der Waals surface area (Å²) in [6.45, 7) is 28.1. The summed E-state index contributed by atoms with van der Waals surface area (Å²) in [5.41, 5.74) is 5.90. The highest BCUT2D eigenvalue weighted by Gasteiger charge is 2.55. The van der Waals surface area contributed by atoms with Gasteiger partial charge >= 0.3 is 26.2 Å². The molecule has 1 aliphatic carbocycles. The highest BCUT2D eigenvalue weighted by molar-refractivity contribution is 9.10. The Hall–Kier alpha value is -6.06. The van der Waals surface area contributed by atoms with Gasteiger partial charge in [0, 0.05) is 21.4 Å². The van der Waals surface area contributed by atoms with Gasteiger partial charge in [0.1, 0.15) is 24.0 Å². The zero-order chi connectivity index (χ0) is 76.9. The lowest BCUT2D eigenvalue weighted by Crippen LogP contribution is -2.41. The van der Waals surface area contributed by atoms with Crippen LogP contribution in [0.25, 0.3) is 32.7 Å². The number of methoxy groups -OCH3 is 1. The number of nitriles is 1. The van der Waals surface area contributed by atoms with Gasteiger partial charge in [-0.1, -0.05) is 177 Å². The predicted molar refractivity (Wildman–Crippen MR) is 431 cm³/mol. The number of aliphatic hydroxyl groups excluding tert-OH is 1. The van der Waals surface area contributed by atoms with Crippen LogP contribution in [0.15, 0.2) is 118 Å².